The SMILES string of the molecule is Cc1nc(C)n(CCC(=O)N2CCCC(c3nc4ccccc4c(=O)[nH]3)C2)n1. The Hall–Kier alpha value is -3.03. The summed E-state index contributed by atoms with van der Waals surface area (Å²) in [6.45, 7) is 5.58. The minimum atomic E-state index is -0.124. The van der Waals surface area contributed by atoms with E-state index in [9.17, 15) is 9.59 Å². The van der Waals surface area contributed by atoms with E-state index in [4.69, 9.17) is 0 Å². The lowest BCUT2D eigenvalue weighted by Gasteiger charge is -2.32. The highest BCUT2D eigenvalue weighted by molar-refractivity contribution is 5.77. The number of H-pyrrole nitrogens is 1. The van der Waals surface area contributed by atoms with Gasteiger partial charge < -0.3 is 9.88 Å². The average Bonchev–Trinajstić information content (AvgIpc) is 3.03. The number of nitrogens with zero attached hydrogens (tertiary/aromatic N) is 5. The third-order valence-electron chi connectivity index (χ3n) is 5.29. The third kappa shape index (κ3) is 3.67. The van der Waals surface area contributed by atoms with Crippen molar-refractivity contribution < 1.29 is 4.79 Å². The van der Waals surface area contributed by atoms with E-state index in [0.717, 1.165) is 25.2 Å². The molecule has 0 aliphatic carbocycles. The van der Waals surface area contributed by atoms with Crippen LogP contribution in [0.3, 0.4) is 0 Å². The molecule has 3 aromatic rings. The number of amides is 1. The van der Waals surface area contributed by atoms with Crippen molar-refractivity contribution in [2.24, 2.45) is 0 Å². The van der Waals surface area contributed by atoms with Crippen LogP contribution in [0.25, 0.3) is 10.9 Å². The van der Waals surface area contributed by atoms with E-state index in [1.165, 1.54) is 0 Å². The molecule has 1 saturated heterocycles. The molecule has 2 aromatic heterocycles. The number of hydrogen-bond acceptors (Lipinski definition) is 5. The lowest BCUT2D eigenvalue weighted by Crippen LogP contribution is -2.40. The van der Waals surface area contributed by atoms with Gasteiger partial charge in [-0.1, -0.05) is 12.1 Å². The molecule has 8 heteroatoms. The summed E-state index contributed by atoms with van der Waals surface area (Å²) in [5.41, 5.74) is 0.572. The normalized spacial score (nSPS) is 17.2. The Morgan fingerprint density at radius 1 is 1.25 bits per heavy atom. The first-order chi connectivity index (χ1) is 13.5. The van der Waals surface area contributed by atoms with Gasteiger partial charge in [-0.25, -0.2) is 14.6 Å². The zero-order valence-electron chi connectivity index (χ0n) is 16.2. The van der Waals surface area contributed by atoms with Crippen LogP contribution in [0.4, 0.5) is 0 Å². The number of carbonyl (C=O) groups excluding carboxylic acids is 1. The van der Waals surface area contributed by atoms with Gasteiger partial charge in [0.1, 0.15) is 17.5 Å². The molecular formula is C20H24N6O2. The summed E-state index contributed by atoms with van der Waals surface area (Å²) in [6, 6.07) is 7.33. The number of piperidine rings is 1. The van der Waals surface area contributed by atoms with Crippen LogP contribution in [-0.4, -0.2) is 48.6 Å². The fraction of sp³-hybridized carbons (Fsp3) is 0.450. The van der Waals surface area contributed by atoms with Crippen LogP contribution in [0.2, 0.25) is 0 Å². The van der Waals surface area contributed by atoms with Crippen molar-refractivity contribution in [3.8, 4) is 0 Å². The quantitative estimate of drug-likeness (QED) is 0.746. The molecule has 0 bridgehead atoms. The van der Waals surface area contributed by atoms with Crippen molar-refractivity contribution in [2.75, 3.05) is 13.1 Å². The first kappa shape index (κ1) is 18.3. The number of fused-ring (bicyclic) bond motifs is 1. The van der Waals surface area contributed by atoms with Gasteiger partial charge >= 0.3 is 0 Å². The van der Waals surface area contributed by atoms with Crippen LogP contribution >= 0.6 is 0 Å². The van der Waals surface area contributed by atoms with Gasteiger partial charge in [-0.3, -0.25) is 9.59 Å². The number of benzene rings is 1. The number of aryl methyl sites for hydroxylation is 3. The van der Waals surface area contributed by atoms with E-state index < -0.39 is 0 Å². The largest absolute Gasteiger partial charge is 0.342 e. The van der Waals surface area contributed by atoms with Gasteiger partial charge in [-0.2, -0.15) is 5.10 Å². The van der Waals surface area contributed by atoms with Crippen molar-refractivity contribution in [3.63, 3.8) is 0 Å². The van der Waals surface area contributed by atoms with Crippen molar-refractivity contribution in [2.45, 2.75) is 45.6 Å². The molecular weight excluding hydrogens is 356 g/mol. The topological polar surface area (TPSA) is 96.8 Å². The van der Waals surface area contributed by atoms with Crippen molar-refractivity contribution >= 4 is 16.8 Å². The number of nitrogens with one attached hydrogen (secondary N) is 1. The second kappa shape index (κ2) is 7.53. The summed E-state index contributed by atoms with van der Waals surface area (Å²) in [7, 11) is 0. The zero-order valence-corrected chi connectivity index (χ0v) is 16.2. The number of rotatable bonds is 4. The Morgan fingerprint density at radius 3 is 2.86 bits per heavy atom. The first-order valence-electron chi connectivity index (χ1n) is 9.66. The van der Waals surface area contributed by atoms with Crippen LogP contribution in [0, 0.1) is 13.8 Å². The molecule has 1 aromatic carbocycles. The zero-order chi connectivity index (χ0) is 19.7. The highest BCUT2D eigenvalue weighted by Gasteiger charge is 2.26. The number of carbonyl (C=O) groups is 1. The van der Waals surface area contributed by atoms with Gasteiger partial charge in [0.25, 0.3) is 5.56 Å². The molecule has 1 aliphatic rings. The van der Waals surface area contributed by atoms with E-state index in [1.54, 1.807) is 10.7 Å². The maximum absolute atomic E-state index is 12.7. The number of hydrogen-bond donors (Lipinski definition) is 1. The van der Waals surface area contributed by atoms with Crippen molar-refractivity contribution in [1.82, 2.24) is 29.6 Å². The Labute approximate surface area is 162 Å². The highest BCUT2D eigenvalue weighted by atomic mass is 16.2. The van der Waals surface area contributed by atoms with Gasteiger partial charge in [-0.15, -0.1) is 0 Å². The van der Waals surface area contributed by atoms with Gasteiger partial charge in [0.05, 0.1) is 17.4 Å². The molecule has 0 radical (unpaired) electrons. The van der Waals surface area contributed by atoms with Gasteiger partial charge in [0.2, 0.25) is 5.91 Å². The second-order valence-electron chi connectivity index (χ2n) is 7.33. The third-order valence-corrected chi connectivity index (χ3v) is 5.29. The molecule has 0 spiro atoms. The molecule has 8 nitrogen and oxygen atoms in total. The fourth-order valence-electron chi connectivity index (χ4n) is 3.86. The van der Waals surface area contributed by atoms with Crippen molar-refractivity contribution in [3.05, 3.63) is 52.1 Å². The number of likely N-dealkylation sites (tertiary alicyclic amines) is 1. The molecule has 0 saturated carbocycles. The minimum Gasteiger partial charge on any atom is -0.342 e. The highest BCUT2D eigenvalue weighted by Crippen LogP contribution is 2.25. The summed E-state index contributed by atoms with van der Waals surface area (Å²) in [5, 5.41) is 4.90. The molecule has 4 rings (SSSR count). The molecule has 1 N–H and O–H groups in total. The van der Waals surface area contributed by atoms with E-state index in [2.05, 4.69) is 20.1 Å². The molecule has 146 valence electrons. The van der Waals surface area contributed by atoms with Crippen LogP contribution in [0.15, 0.2) is 29.1 Å². The minimum absolute atomic E-state index is 0.0466. The molecule has 28 heavy (non-hydrogen) atoms. The fourth-order valence-corrected chi connectivity index (χ4v) is 3.86. The lowest BCUT2D eigenvalue weighted by molar-refractivity contribution is -0.132. The van der Waals surface area contributed by atoms with Gasteiger partial charge in [0.15, 0.2) is 0 Å². The summed E-state index contributed by atoms with van der Waals surface area (Å²) < 4.78 is 1.77. The van der Waals surface area contributed by atoms with Crippen LogP contribution in [0.1, 0.15) is 42.7 Å². The number of aromatic nitrogens is 5. The predicted molar refractivity (Wildman–Crippen MR) is 105 cm³/mol. The molecule has 3 heterocycles. The summed E-state index contributed by atoms with van der Waals surface area (Å²) in [4.78, 5) is 38.8. The van der Waals surface area contributed by atoms with Gasteiger partial charge in [-0.05, 0) is 38.8 Å². The molecule has 1 atom stereocenters. The second-order valence-corrected chi connectivity index (χ2v) is 7.33. The Morgan fingerprint density at radius 2 is 2.07 bits per heavy atom. The number of para-hydroxylation sites is 1. The van der Waals surface area contributed by atoms with Crippen LogP contribution < -0.4 is 5.56 Å². The molecule has 1 fully saturated rings. The Bertz CT molecular complexity index is 1070. The Kier molecular flexibility index (Phi) is 4.93. The Balaban J connectivity index is 1.46. The van der Waals surface area contributed by atoms with Gasteiger partial charge in [0, 0.05) is 25.4 Å². The standard InChI is InChI=1S/C20H24N6O2/c1-13-21-14(2)26(24-13)11-9-18(27)25-10-5-6-15(12-25)19-22-17-8-4-3-7-16(17)20(28)23-19/h3-4,7-8,15H,5-6,9-12H2,1-2H3,(H,22,23,28). The monoisotopic (exact) mass is 380 g/mol. The first-order valence-corrected chi connectivity index (χ1v) is 9.66. The van der Waals surface area contributed by atoms with Crippen molar-refractivity contribution in [1.29, 1.82) is 0 Å². The summed E-state index contributed by atoms with van der Waals surface area (Å²) >= 11 is 0. The summed E-state index contributed by atoms with van der Waals surface area (Å²) in [5.74, 6) is 2.35. The van der Waals surface area contributed by atoms with E-state index in [-0.39, 0.29) is 17.4 Å². The van der Waals surface area contributed by atoms with E-state index >= 15 is 0 Å². The number of aromatic amines is 1. The maximum atomic E-state index is 12.7. The molecule has 1 unspecified atom stereocenters. The molecule has 1 aliphatic heterocycles. The summed E-state index contributed by atoms with van der Waals surface area (Å²) in [6.07, 6.45) is 2.19. The smallest absolute Gasteiger partial charge is 0.258 e. The molecule has 1 amide bonds. The maximum Gasteiger partial charge on any atom is 0.258 e. The van der Waals surface area contributed by atoms with Crippen LogP contribution in [0.5, 0.6) is 0 Å². The predicted octanol–water partition coefficient (Wildman–Crippen LogP) is 1.93. The van der Waals surface area contributed by atoms with Crippen LogP contribution in [-0.2, 0) is 11.3 Å². The van der Waals surface area contributed by atoms with E-state index in [1.807, 2.05) is 36.9 Å². The average molecular weight is 380 g/mol. The lowest BCUT2D eigenvalue weighted by atomic mass is 9.96. The van der Waals surface area contributed by atoms with E-state index in [0.29, 0.717) is 42.1 Å².